The van der Waals surface area contributed by atoms with Crippen molar-refractivity contribution in [2.24, 2.45) is 11.8 Å². The van der Waals surface area contributed by atoms with Gasteiger partial charge >= 0.3 is 0 Å². The molecule has 7 heteroatoms. The largest absolute Gasteiger partial charge is 0.491 e. The van der Waals surface area contributed by atoms with Crippen LogP contribution in [0.4, 0.5) is 11.5 Å². The third-order valence-electron chi connectivity index (χ3n) is 4.84. The summed E-state index contributed by atoms with van der Waals surface area (Å²) in [7, 11) is 0. The molecule has 0 spiro atoms. The molecule has 2 N–H and O–H groups in total. The van der Waals surface area contributed by atoms with Crippen molar-refractivity contribution in [3.05, 3.63) is 36.1 Å². The normalized spacial score (nSPS) is 19.3. The van der Waals surface area contributed by atoms with E-state index >= 15 is 0 Å². The number of benzene rings is 1. The number of rotatable bonds is 6. The van der Waals surface area contributed by atoms with Crippen LogP contribution in [0.15, 0.2) is 34.9 Å². The van der Waals surface area contributed by atoms with Gasteiger partial charge < -0.3 is 19.9 Å². The number of ether oxygens (including phenoxy) is 1. The Balaban J connectivity index is 1.46. The van der Waals surface area contributed by atoms with E-state index in [2.05, 4.69) is 15.8 Å². The van der Waals surface area contributed by atoms with Crippen LogP contribution >= 0.6 is 0 Å². The molecule has 1 saturated carbocycles. The van der Waals surface area contributed by atoms with Crippen LogP contribution < -0.4 is 15.4 Å². The molecule has 3 rings (SSSR count). The monoisotopic (exact) mass is 385 g/mol. The zero-order chi connectivity index (χ0) is 20.1. The number of amides is 2. The van der Waals surface area contributed by atoms with Gasteiger partial charge in [-0.2, -0.15) is 0 Å². The molecule has 0 radical (unpaired) electrons. The summed E-state index contributed by atoms with van der Waals surface area (Å²) in [5.74, 6) is 1.63. The molecule has 28 heavy (non-hydrogen) atoms. The average molecular weight is 385 g/mol. The van der Waals surface area contributed by atoms with E-state index < -0.39 is 0 Å². The first-order chi connectivity index (χ1) is 13.4. The van der Waals surface area contributed by atoms with Crippen LogP contribution in [0.1, 0.15) is 45.3 Å². The van der Waals surface area contributed by atoms with E-state index in [4.69, 9.17) is 9.26 Å². The highest BCUT2D eigenvalue weighted by molar-refractivity contribution is 5.94. The molecular weight excluding hydrogens is 358 g/mol. The lowest BCUT2D eigenvalue weighted by Crippen LogP contribution is -2.32. The smallest absolute Gasteiger partial charge is 0.228 e. The highest BCUT2D eigenvalue weighted by atomic mass is 16.5. The molecule has 0 atom stereocenters. The van der Waals surface area contributed by atoms with Gasteiger partial charge in [0.15, 0.2) is 5.82 Å². The minimum Gasteiger partial charge on any atom is -0.491 e. The summed E-state index contributed by atoms with van der Waals surface area (Å²) in [6.45, 7) is 5.72. The second-order valence-corrected chi connectivity index (χ2v) is 7.54. The van der Waals surface area contributed by atoms with Crippen LogP contribution in [0.5, 0.6) is 5.75 Å². The van der Waals surface area contributed by atoms with Gasteiger partial charge in [0.25, 0.3) is 0 Å². The second-order valence-electron chi connectivity index (χ2n) is 7.54. The molecule has 7 nitrogen and oxygen atoms in total. The summed E-state index contributed by atoms with van der Waals surface area (Å²) < 4.78 is 10.6. The van der Waals surface area contributed by atoms with Crippen molar-refractivity contribution in [1.29, 1.82) is 0 Å². The van der Waals surface area contributed by atoms with Gasteiger partial charge in [-0.1, -0.05) is 5.16 Å². The van der Waals surface area contributed by atoms with E-state index in [0.717, 1.165) is 11.4 Å². The molecule has 150 valence electrons. The number of hydrogen-bond acceptors (Lipinski definition) is 5. The average Bonchev–Trinajstić information content (AvgIpc) is 3.07. The first-order valence-electron chi connectivity index (χ1n) is 9.72. The SMILES string of the molecule is Cc1cc(NC(=O)C2CCC(C(=O)Nc3ccc(OC(C)C)cc3)CC2)no1. The fourth-order valence-electron chi connectivity index (χ4n) is 3.40. The highest BCUT2D eigenvalue weighted by Gasteiger charge is 2.30. The molecule has 0 bridgehead atoms. The Bertz CT molecular complexity index is 805. The highest BCUT2D eigenvalue weighted by Crippen LogP contribution is 2.30. The summed E-state index contributed by atoms with van der Waals surface area (Å²) in [6.07, 6.45) is 2.86. The Morgan fingerprint density at radius 3 is 2.11 bits per heavy atom. The molecule has 1 aliphatic carbocycles. The number of carbonyl (C=O) groups excluding carboxylic acids is 2. The number of aromatic nitrogens is 1. The number of hydrogen-bond donors (Lipinski definition) is 2. The number of nitrogens with one attached hydrogen (secondary N) is 2. The van der Waals surface area contributed by atoms with Crippen molar-refractivity contribution in [2.75, 3.05) is 10.6 Å². The number of carbonyl (C=O) groups is 2. The van der Waals surface area contributed by atoms with Crippen LogP contribution in [-0.4, -0.2) is 23.1 Å². The van der Waals surface area contributed by atoms with Crippen molar-refractivity contribution in [1.82, 2.24) is 5.16 Å². The summed E-state index contributed by atoms with van der Waals surface area (Å²) >= 11 is 0. The maximum Gasteiger partial charge on any atom is 0.228 e. The maximum absolute atomic E-state index is 12.5. The molecule has 0 unspecified atom stereocenters. The van der Waals surface area contributed by atoms with Crippen molar-refractivity contribution in [3.63, 3.8) is 0 Å². The van der Waals surface area contributed by atoms with Gasteiger partial charge in [-0.05, 0) is 70.7 Å². The first-order valence-corrected chi connectivity index (χ1v) is 9.72. The van der Waals surface area contributed by atoms with Crippen LogP contribution in [0.25, 0.3) is 0 Å². The van der Waals surface area contributed by atoms with Gasteiger partial charge in [0.1, 0.15) is 11.5 Å². The summed E-state index contributed by atoms with van der Waals surface area (Å²) in [4.78, 5) is 24.9. The number of anilines is 2. The second kappa shape index (κ2) is 8.91. The predicted molar refractivity (Wildman–Crippen MR) is 106 cm³/mol. The van der Waals surface area contributed by atoms with Gasteiger partial charge in [-0.15, -0.1) is 0 Å². The fourth-order valence-corrected chi connectivity index (χ4v) is 3.40. The Morgan fingerprint density at radius 2 is 1.61 bits per heavy atom. The number of aryl methyl sites for hydroxylation is 1. The molecule has 2 aromatic rings. The van der Waals surface area contributed by atoms with Crippen molar-refractivity contribution >= 4 is 23.3 Å². The zero-order valence-electron chi connectivity index (χ0n) is 16.5. The summed E-state index contributed by atoms with van der Waals surface area (Å²) in [6, 6.07) is 9.07. The van der Waals surface area contributed by atoms with Gasteiger partial charge in [0.2, 0.25) is 11.8 Å². The standard InChI is InChI=1S/C21H27N3O4/c1-13(2)27-18-10-8-17(9-11-18)22-20(25)15-4-6-16(7-5-15)21(26)23-19-12-14(3)28-24-19/h8-13,15-16H,4-7H2,1-3H3,(H,22,25)(H,23,24,26). The van der Waals surface area contributed by atoms with Crippen LogP contribution in [0.2, 0.25) is 0 Å². The quantitative estimate of drug-likeness (QED) is 0.779. The summed E-state index contributed by atoms with van der Waals surface area (Å²) in [5.41, 5.74) is 0.752. The maximum atomic E-state index is 12.5. The molecule has 1 fully saturated rings. The lowest BCUT2D eigenvalue weighted by molar-refractivity contribution is -0.125. The van der Waals surface area contributed by atoms with Crippen molar-refractivity contribution in [3.8, 4) is 5.75 Å². The third kappa shape index (κ3) is 5.34. The van der Waals surface area contributed by atoms with Crippen LogP contribution in [0.3, 0.4) is 0 Å². The number of nitrogens with zero attached hydrogens (tertiary/aromatic N) is 1. The van der Waals surface area contributed by atoms with Crippen molar-refractivity contribution < 1.29 is 18.8 Å². The van der Waals surface area contributed by atoms with Gasteiger partial charge in [-0.25, -0.2) is 0 Å². The first kappa shape index (κ1) is 19.9. The molecule has 1 heterocycles. The molecule has 0 saturated heterocycles. The lowest BCUT2D eigenvalue weighted by atomic mass is 9.81. The Labute approximate surface area is 164 Å². The van der Waals surface area contributed by atoms with Crippen LogP contribution in [0, 0.1) is 18.8 Å². The van der Waals surface area contributed by atoms with E-state index in [9.17, 15) is 9.59 Å². The minimum absolute atomic E-state index is 0.00325. The molecule has 1 aliphatic rings. The van der Waals surface area contributed by atoms with E-state index in [1.165, 1.54) is 0 Å². The van der Waals surface area contributed by atoms with Gasteiger partial charge in [0, 0.05) is 23.6 Å². The molecule has 0 aliphatic heterocycles. The van der Waals surface area contributed by atoms with E-state index in [0.29, 0.717) is 37.3 Å². The Hall–Kier alpha value is -2.83. The van der Waals surface area contributed by atoms with E-state index in [1.807, 2.05) is 38.1 Å². The minimum atomic E-state index is -0.103. The molecule has 1 aromatic heterocycles. The summed E-state index contributed by atoms with van der Waals surface area (Å²) in [5, 5.41) is 9.52. The van der Waals surface area contributed by atoms with E-state index in [1.54, 1.807) is 13.0 Å². The molecule has 2 amide bonds. The van der Waals surface area contributed by atoms with Gasteiger partial charge in [-0.3, -0.25) is 9.59 Å². The third-order valence-corrected chi connectivity index (χ3v) is 4.84. The molecule has 1 aromatic carbocycles. The fraction of sp³-hybridized carbons (Fsp3) is 0.476. The van der Waals surface area contributed by atoms with Gasteiger partial charge in [0.05, 0.1) is 6.10 Å². The van der Waals surface area contributed by atoms with Crippen LogP contribution in [-0.2, 0) is 9.59 Å². The predicted octanol–water partition coefficient (Wildman–Crippen LogP) is 4.15. The zero-order valence-corrected chi connectivity index (χ0v) is 16.5. The Morgan fingerprint density at radius 1 is 1.04 bits per heavy atom. The van der Waals surface area contributed by atoms with E-state index in [-0.39, 0.29) is 29.8 Å². The Kier molecular flexibility index (Phi) is 6.34. The lowest BCUT2D eigenvalue weighted by Gasteiger charge is -2.26. The van der Waals surface area contributed by atoms with Crippen molar-refractivity contribution in [2.45, 2.75) is 52.6 Å². The molecular formula is C21H27N3O4. The topological polar surface area (TPSA) is 93.5 Å².